The molecule has 1 aliphatic carbocycles. The Kier molecular flexibility index (Phi) is 5.47. The third-order valence-electron chi connectivity index (χ3n) is 5.96. The van der Waals surface area contributed by atoms with Crippen LogP contribution < -0.4 is 4.90 Å². The molecule has 1 amide bonds. The summed E-state index contributed by atoms with van der Waals surface area (Å²) in [5, 5.41) is 11.3. The molecule has 0 fully saturated rings. The third kappa shape index (κ3) is 4.02. The fourth-order valence-electron chi connectivity index (χ4n) is 4.58. The van der Waals surface area contributed by atoms with Gasteiger partial charge in [-0.25, -0.2) is 0 Å². The van der Waals surface area contributed by atoms with Gasteiger partial charge in [-0.1, -0.05) is 32.0 Å². The normalized spacial score (nSPS) is 20.6. The first kappa shape index (κ1) is 21.3. The summed E-state index contributed by atoms with van der Waals surface area (Å²) in [4.78, 5) is 40.1. The number of hydrogen-bond acceptors (Lipinski definition) is 5. The molecule has 6 nitrogen and oxygen atoms in total. The maximum absolute atomic E-state index is 13.4. The average molecular weight is 437 g/mol. The zero-order chi connectivity index (χ0) is 22.3. The van der Waals surface area contributed by atoms with Crippen LogP contribution in [0, 0.1) is 15.5 Å². The number of carbonyl (C=O) groups excluding carboxylic acids is 2. The number of allylic oxidation sites excluding steroid dienone is 2. The molecule has 31 heavy (non-hydrogen) atoms. The molecule has 0 N–H and O–H groups in total. The van der Waals surface area contributed by atoms with Gasteiger partial charge in [0.2, 0.25) is 5.91 Å². The van der Waals surface area contributed by atoms with Crippen LogP contribution in [0.25, 0.3) is 0 Å². The van der Waals surface area contributed by atoms with Crippen molar-refractivity contribution in [1.29, 1.82) is 0 Å². The Hall–Kier alpha value is -2.93. The molecule has 1 unspecified atom stereocenters. The standard InChI is InChI=1S/C24H24N2O4S/c1-24(2)13-20-23(21(27)14-24)19(15-7-9-18(31-3)10-8-15)12-22(28)25(20)16-5-4-6-17(11-16)26(29)30/h4-11,19H,12-14H2,1-3H3. The summed E-state index contributed by atoms with van der Waals surface area (Å²) in [6.45, 7) is 4.03. The highest BCUT2D eigenvalue weighted by atomic mass is 32.2. The van der Waals surface area contributed by atoms with Gasteiger partial charge in [-0.05, 0) is 41.9 Å². The summed E-state index contributed by atoms with van der Waals surface area (Å²) in [6.07, 6.45) is 3.14. The Labute approximate surface area is 185 Å². The van der Waals surface area contributed by atoms with E-state index < -0.39 is 4.92 Å². The largest absolute Gasteiger partial charge is 0.294 e. The molecular formula is C24H24N2O4S. The Balaban J connectivity index is 1.87. The first-order chi connectivity index (χ1) is 14.7. The lowest BCUT2D eigenvalue weighted by atomic mass is 9.69. The van der Waals surface area contributed by atoms with Gasteiger partial charge >= 0.3 is 0 Å². The number of non-ortho nitro benzene ring substituents is 1. The van der Waals surface area contributed by atoms with Crippen molar-refractivity contribution in [1.82, 2.24) is 0 Å². The van der Waals surface area contributed by atoms with E-state index in [0.717, 1.165) is 10.5 Å². The van der Waals surface area contributed by atoms with Gasteiger partial charge in [0.1, 0.15) is 0 Å². The van der Waals surface area contributed by atoms with Crippen molar-refractivity contribution >= 4 is 34.8 Å². The van der Waals surface area contributed by atoms with Crippen molar-refractivity contribution < 1.29 is 14.5 Å². The molecule has 1 heterocycles. The lowest BCUT2D eigenvalue weighted by Gasteiger charge is -2.42. The smallest absolute Gasteiger partial charge is 0.271 e. The number of nitro benzene ring substituents is 1. The maximum atomic E-state index is 13.4. The van der Waals surface area contributed by atoms with Crippen molar-refractivity contribution in [3.05, 3.63) is 75.5 Å². The first-order valence-corrected chi connectivity index (χ1v) is 11.4. The van der Waals surface area contributed by atoms with Crippen molar-refractivity contribution in [2.75, 3.05) is 11.2 Å². The van der Waals surface area contributed by atoms with Gasteiger partial charge in [0.25, 0.3) is 5.69 Å². The maximum Gasteiger partial charge on any atom is 0.271 e. The zero-order valence-electron chi connectivity index (χ0n) is 17.8. The van der Waals surface area contributed by atoms with E-state index in [0.29, 0.717) is 29.8 Å². The predicted octanol–water partition coefficient (Wildman–Crippen LogP) is 5.48. The van der Waals surface area contributed by atoms with Gasteiger partial charge in [-0.3, -0.25) is 24.6 Å². The molecule has 0 saturated carbocycles. The molecule has 0 aromatic heterocycles. The number of benzene rings is 2. The minimum atomic E-state index is -0.473. The van der Waals surface area contributed by atoms with Crippen LogP contribution in [0.2, 0.25) is 0 Å². The average Bonchev–Trinajstić information content (AvgIpc) is 2.72. The second-order valence-electron chi connectivity index (χ2n) is 8.84. The van der Waals surface area contributed by atoms with Gasteiger partial charge in [0.05, 0.1) is 10.6 Å². The Morgan fingerprint density at radius 3 is 2.45 bits per heavy atom. The Bertz CT molecular complexity index is 1100. The second-order valence-corrected chi connectivity index (χ2v) is 9.72. The predicted molar refractivity (Wildman–Crippen MR) is 121 cm³/mol. The number of amides is 1. The number of hydrogen-bond donors (Lipinski definition) is 0. The van der Waals surface area contributed by atoms with Crippen molar-refractivity contribution in [3.63, 3.8) is 0 Å². The Morgan fingerprint density at radius 1 is 1.10 bits per heavy atom. The van der Waals surface area contributed by atoms with Crippen LogP contribution in [-0.2, 0) is 9.59 Å². The zero-order valence-corrected chi connectivity index (χ0v) is 18.6. The number of nitrogens with zero attached hydrogens (tertiary/aromatic N) is 2. The van der Waals surface area contributed by atoms with E-state index in [1.54, 1.807) is 23.9 Å². The van der Waals surface area contributed by atoms with Crippen LogP contribution in [0.15, 0.2) is 64.7 Å². The van der Waals surface area contributed by atoms with Crippen LogP contribution in [-0.4, -0.2) is 22.9 Å². The molecule has 0 spiro atoms. The fraction of sp³-hybridized carbons (Fsp3) is 0.333. The summed E-state index contributed by atoms with van der Waals surface area (Å²) in [5.41, 5.74) is 2.36. The van der Waals surface area contributed by atoms with Gasteiger partial charge in [-0.15, -0.1) is 11.8 Å². The fourth-order valence-corrected chi connectivity index (χ4v) is 4.99. The number of Topliss-reactive ketones (excluding diaryl/α,β-unsaturated/α-hetero) is 1. The van der Waals surface area contributed by atoms with Crippen LogP contribution in [0.3, 0.4) is 0 Å². The molecule has 2 aliphatic rings. The van der Waals surface area contributed by atoms with E-state index in [2.05, 4.69) is 0 Å². The van der Waals surface area contributed by atoms with E-state index in [4.69, 9.17) is 0 Å². The van der Waals surface area contributed by atoms with Gasteiger partial charge in [-0.2, -0.15) is 0 Å². The molecule has 2 aromatic rings. The van der Waals surface area contributed by atoms with Crippen LogP contribution in [0.1, 0.15) is 44.6 Å². The molecule has 0 radical (unpaired) electrons. The first-order valence-electron chi connectivity index (χ1n) is 10.2. The molecule has 0 bridgehead atoms. The quantitative estimate of drug-likeness (QED) is 0.360. The van der Waals surface area contributed by atoms with Crippen LogP contribution in [0.4, 0.5) is 11.4 Å². The summed E-state index contributed by atoms with van der Waals surface area (Å²) in [7, 11) is 0. The molecule has 160 valence electrons. The van der Waals surface area contributed by atoms with E-state index >= 15 is 0 Å². The van der Waals surface area contributed by atoms with E-state index in [1.165, 1.54) is 17.0 Å². The molecule has 1 atom stereocenters. The Morgan fingerprint density at radius 2 is 1.81 bits per heavy atom. The number of rotatable bonds is 4. The minimum absolute atomic E-state index is 0.0492. The topological polar surface area (TPSA) is 80.5 Å². The number of nitro groups is 1. The minimum Gasteiger partial charge on any atom is -0.294 e. The third-order valence-corrected chi connectivity index (χ3v) is 6.70. The lowest BCUT2D eigenvalue weighted by molar-refractivity contribution is -0.384. The highest BCUT2D eigenvalue weighted by Crippen LogP contribution is 2.48. The molecule has 2 aromatic carbocycles. The summed E-state index contributed by atoms with van der Waals surface area (Å²) < 4.78 is 0. The highest BCUT2D eigenvalue weighted by molar-refractivity contribution is 7.98. The van der Waals surface area contributed by atoms with Crippen LogP contribution >= 0.6 is 11.8 Å². The molecule has 4 rings (SSSR count). The second kappa shape index (κ2) is 7.96. The van der Waals surface area contributed by atoms with Crippen molar-refractivity contribution in [3.8, 4) is 0 Å². The monoisotopic (exact) mass is 436 g/mol. The number of anilines is 1. The molecular weight excluding hydrogens is 412 g/mol. The van der Waals surface area contributed by atoms with Gasteiger partial charge < -0.3 is 0 Å². The summed E-state index contributed by atoms with van der Waals surface area (Å²) >= 11 is 1.64. The summed E-state index contributed by atoms with van der Waals surface area (Å²) in [5.74, 6) is -0.395. The van der Waals surface area contributed by atoms with Gasteiger partial charge in [0.15, 0.2) is 5.78 Å². The molecule has 0 saturated heterocycles. The van der Waals surface area contributed by atoms with Gasteiger partial charge in [0, 0.05) is 47.1 Å². The summed E-state index contributed by atoms with van der Waals surface area (Å²) in [6, 6.07) is 14.1. The van der Waals surface area contributed by atoms with Crippen molar-refractivity contribution in [2.45, 2.75) is 43.9 Å². The van der Waals surface area contributed by atoms with E-state index in [-0.39, 0.29) is 35.1 Å². The number of carbonyl (C=O) groups is 2. The van der Waals surface area contributed by atoms with Crippen LogP contribution in [0.5, 0.6) is 0 Å². The molecule has 7 heteroatoms. The number of ketones is 1. The lowest BCUT2D eigenvalue weighted by Crippen LogP contribution is -2.43. The van der Waals surface area contributed by atoms with E-state index in [1.807, 2.05) is 44.4 Å². The SMILES string of the molecule is CSc1ccc(C2CC(=O)N(c3cccc([N+](=O)[O-])c3)C3=C2C(=O)CC(C)(C)C3)cc1. The molecule has 1 aliphatic heterocycles. The van der Waals surface area contributed by atoms with E-state index in [9.17, 15) is 19.7 Å². The highest BCUT2D eigenvalue weighted by Gasteiger charge is 2.44. The van der Waals surface area contributed by atoms with Crippen molar-refractivity contribution in [2.24, 2.45) is 5.41 Å². The number of thioether (sulfide) groups is 1.